The molecule has 1 saturated heterocycles. The molecular weight excluding hydrogens is 400 g/mol. The number of unbranched alkanes of at least 4 members (excludes halogenated alkanes) is 1. The van der Waals surface area contributed by atoms with Crippen LogP contribution >= 0.6 is 0 Å². The summed E-state index contributed by atoms with van der Waals surface area (Å²) in [6.07, 6.45) is 10.00. The first-order chi connectivity index (χ1) is 15.7. The van der Waals surface area contributed by atoms with Crippen LogP contribution in [-0.4, -0.2) is 60.2 Å². The number of benzene rings is 1. The third-order valence-electron chi connectivity index (χ3n) is 6.14. The van der Waals surface area contributed by atoms with Gasteiger partial charge in [-0.3, -0.25) is 9.89 Å². The number of nitrogens with one attached hydrogen (secondary N) is 2. The van der Waals surface area contributed by atoms with Gasteiger partial charge < -0.3 is 19.9 Å². The summed E-state index contributed by atoms with van der Waals surface area (Å²) in [5.41, 5.74) is 1.31. The Morgan fingerprint density at radius 2 is 1.91 bits per heavy atom. The van der Waals surface area contributed by atoms with Crippen molar-refractivity contribution in [1.82, 2.24) is 25.1 Å². The van der Waals surface area contributed by atoms with E-state index in [4.69, 9.17) is 9.73 Å². The van der Waals surface area contributed by atoms with E-state index < -0.39 is 0 Å². The Kier molecular flexibility index (Phi) is 9.88. The maximum absolute atomic E-state index is 5.35. The highest BCUT2D eigenvalue weighted by molar-refractivity contribution is 5.79. The molecule has 2 aromatic rings. The number of nitrogens with zero attached hydrogens (tertiary/aromatic N) is 4. The summed E-state index contributed by atoms with van der Waals surface area (Å²) in [6.45, 7) is 9.98. The number of ether oxygens (including phenoxy) is 1. The van der Waals surface area contributed by atoms with Crippen LogP contribution in [0, 0.1) is 6.92 Å². The minimum Gasteiger partial charge on any atom is -0.497 e. The van der Waals surface area contributed by atoms with Gasteiger partial charge in [-0.25, -0.2) is 4.98 Å². The van der Waals surface area contributed by atoms with Crippen LogP contribution in [0.1, 0.15) is 56.5 Å². The van der Waals surface area contributed by atoms with E-state index in [1.54, 1.807) is 7.11 Å². The number of aromatic nitrogens is 2. The number of imidazole rings is 1. The molecule has 0 aliphatic carbocycles. The Bertz CT molecular complexity index is 810. The fourth-order valence-electron chi connectivity index (χ4n) is 4.26. The second kappa shape index (κ2) is 13.1. The van der Waals surface area contributed by atoms with E-state index in [0.29, 0.717) is 6.04 Å². The van der Waals surface area contributed by atoms with Gasteiger partial charge in [-0.2, -0.15) is 0 Å². The Hall–Kier alpha value is -2.54. The molecule has 0 spiro atoms. The summed E-state index contributed by atoms with van der Waals surface area (Å²) < 4.78 is 7.56. The zero-order chi connectivity index (χ0) is 22.6. The number of methoxy groups -OCH3 is 1. The lowest BCUT2D eigenvalue weighted by Gasteiger charge is -2.34. The zero-order valence-corrected chi connectivity index (χ0v) is 20.0. The second-order valence-corrected chi connectivity index (χ2v) is 8.41. The molecule has 0 radical (unpaired) electrons. The van der Waals surface area contributed by atoms with Gasteiger partial charge in [0.05, 0.1) is 19.7 Å². The van der Waals surface area contributed by atoms with Gasteiger partial charge in [-0.1, -0.05) is 18.6 Å². The second-order valence-electron chi connectivity index (χ2n) is 8.41. The number of hydrogen-bond donors (Lipinski definition) is 2. The van der Waals surface area contributed by atoms with Crippen LogP contribution < -0.4 is 15.4 Å². The average Bonchev–Trinajstić information content (AvgIpc) is 3.24. The van der Waals surface area contributed by atoms with Gasteiger partial charge in [0.2, 0.25) is 0 Å². The molecular formula is C25H40N6O. The molecule has 0 bridgehead atoms. The van der Waals surface area contributed by atoms with Crippen molar-refractivity contribution in [2.45, 2.75) is 58.5 Å². The molecule has 0 saturated carbocycles. The summed E-state index contributed by atoms with van der Waals surface area (Å²) in [5.74, 6) is 2.88. The number of aliphatic imine (C=N–C) groups is 1. The molecule has 1 atom stereocenters. The van der Waals surface area contributed by atoms with Crippen molar-refractivity contribution in [2.24, 2.45) is 4.99 Å². The third-order valence-corrected chi connectivity index (χ3v) is 6.14. The quantitative estimate of drug-likeness (QED) is 0.316. The number of likely N-dealkylation sites (tertiary alicyclic amines) is 1. The summed E-state index contributed by atoms with van der Waals surface area (Å²) in [6, 6.07) is 8.78. The topological polar surface area (TPSA) is 66.7 Å². The molecule has 1 fully saturated rings. The van der Waals surface area contributed by atoms with Crippen molar-refractivity contribution in [3.63, 3.8) is 0 Å². The van der Waals surface area contributed by atoms with Gasteiger partial charge >= 0.3 is 0 Å². The average molecular weight is 441 g/mol. The highest BCUT2D eigenvalue weighted by Gasteiger charge is 2.22. The fourth-order valence-corrected chi connectivity index (χ4v) is 4.26. The van der Waals surface area contributed by atoms with Gasteiger partial charge in [0.1, 0.15) is 11.6 Å². The highest BCUT2D eigenvalue weighted by atomic mass is 16.5. The van der Waals surface area contributed by atoms with Crippen LogP contribution in [0.5, 0.6) is 5.75 Å². The van der Waals surface area contributed by atoms with Gasteiger partial charge in [-0.05, 0) is 70.3 Å². The third kappa shape index (κ3) is 7.26. The lowest BCUT2D eigenvalue weighted by Crippen LogP contribution is -2.40. The maximum atomic E-state index is 5.35. The predicted octanol–water partition coefficient (Wildman–Crippen LogP) is 3.76. The standard InChI is InChI=1S/C25H40N6O/c1-4-26-25(28-14-6-9-16-30-19-15-27-21(30)2)29-20-24(31-17-7-5-8-18-31)22-10-12-23(32-3)13-11-22/h10-13,15,19,24H,4-9,14,16-18,20H2,1-3H3,(H2,26,28,29). The normalized spacial score (nSPS) is 16.0. The van der Waals surface area contributed by atoms with Gasteiger partial charge in [0, 0.05) is 32.0 Å². The van der Waals surface area contributed by atoms with Crippen molar-refractivity contribution in [1.29, 1.82) is 0 Å². The van der Waals surface area contributed by atoms with Crippen molar-refractivity contribution in [3.8, 4) is 5.75 Å². The molecule has 1 aliphatic heterocycles. The Morgan fingerprint density at radius 1 is 1.12 bits per heavy atom. The first kappa shape index (κ1) is 24.1. The number of guanidine groups is 1. The van der Waals surface area contributed by atoms with Crippen molar-refractivity contribution in [3.05, 3.63) is 48.0 Å². The van der Waals surface area contributed by atoms with Gasteiger partial charge in [-0.15, -0.1) is 0 Å². The van der Waals surface area contributed by atoms with Crippen LogP contribution in [0.15, 0.2) is 41.7 Å². The molecule has 176 valence electrons. The number of piperidine rings is 1. The lowest BCUT2D eigenvalue weighted by atomic mass is 10.0. The van der Waals surface area contributed by atoms with Crippen LogP contribution in [0.2, 0.25) is 0 Å². The smallest absolute Gasteiger partial charge is 0.191 e. The molecule has 3 rings (SSSR count). The number of hydrogen-bond acceptors (Lipinski definition) is 4. The Labute approximate surface area is 193 Å². The summed E-state index contributed by atoms with van der Waals surface area (Å²) in [5, 5.41) is 6.93. The molecule has 1 aromatic heterocycles. The number of aryl methyl sites for hydroxylation is 2. The Balaban J connectivity index is 1.57. The van der Waals surface area contributed by atoms with E-state index in [9.17, 15) is 0 Å². The van der Waals surface area contributed by atoms with E-state index in [1.807, 2.05) is 12.4 Å². The maximum Gasteiger partial charge on any atom is 0.191 e. The largest absolute Gasteiger partial charge is 0.497 e. The van der Waals surface area contributed by atoms with Crippen LogP contribution in [0.25, 0.3) is 0 Å². The first-order valence-electron chi connectivity index (χ1n) is 12.1. The molecule has 7 nitrogen and oxygen atoms in total. The van der Waals surface area contributed by atoms with E-state index >= 15 is 0 Å². The minimum atomic E-state index is 0.292. The molecule has 2 heterocycles. The molecule has 7 heteroatoms. The molecule has 2 N–H and O–H groups in total. The van der Waals surface area contributed by atoms with Crippen LogP contribution in [0.3, 0.4) is 0 Å². The van der Waals surface area contributed by atoms with Crippen LogP contribution in [0.4, 0.5) is 0 Å². The monoisotopic (exact) mass is 440 g/mol. The molecule has 32 heavy (non-hydrogen) atoms. The molecule has 0 amide bonds. The summed E-state index contributed by atoms with van der Waals surface area (Å²) in [4.78, 5) is 11.9. The van der Waals surface area contributed by atoms with Gasteiger partial charge in [0.15, 0.2) is 5.96 Å². The van der Waals surface area contributed by atoms with Gasteiger partial charge in [0.25, 0.3) is 0 Å². The number of rotatable bonds is 11. The predicted molar refractivity (Wildman–Crippen MR) is 131 cm³/mol. The fraction of sp³-hybridized carbons (Fsp3) is 0.600. The molecule has 1 aromatic carbocycles. The minimum absolute atomic E-state index is 0.292. The lowest BCUT2D eigenvalue weighted by molar-refractivity contribution is 0.167. The van der Waals surface area contributed by atoms with E-state index in [2.05, 4.69) is 63.2 Å². The van der Waals surface area contributed by atoms with Crippen LogP contribution in [-0.2, 0) is 6.54 Å². The van der Waals surface area contributed by atoms with Crippen molar-refractivity contribution >= 4 is 5.96 Å². The van der Waals surface area contributed by atoms with Crippen molar-refractivity contribution in [2.75, 3.05) is 39.8 Å². The van der Waals surface area contributed by atoms with Crippen molar-refractivity contribution < 1.29 is 4.74 Å². The molecule has 1 unspecified atom stereocenters. The first-order valence-corrected chi connectivity index (χ1v) is 12.1. The SMILES string of the molecule is CCNC(=NCC(c1ccc(OC)cc1)N1CCCCC1)NCCCCn1ccnc1C. The highest BCUT2D eigenvalue weighted by Crippen LogP contribution is 2.26. The zero-order valence-electron chi connectivity index (χ0n) is 20.0. The van der Waals surface area contributed by atoms with E-state index in [-0.39, 0.29) is 0 Å². The van der Waals surface area contributed by atoms with E-state index in [0.717, 1.165) is 69.6 Å². The van der Waals surface area contributed by atoms with E-state index in [1.165, 1.54) is 24.8 Å². The Morgan fingerprint density at radius 3 is 2.56 bits per heavy atom. The molecule has 1 aliphatic rings. The summed E-state index contributed by atoms with van der Waals surface area (Å²) in [7, 11) is 1.71. The summed E-state index contributed by atoms with van der Waals surface area (Å²) >= 11 is 0.